The van der Waals surface area contributed by atoms with Crippen molar-refractivity contribution in [3.8, 4) is 0 Å². The predicted octanol–water partition coefficient (Wildman–Crippen LogP) is 4.09. The third kappa shape index (κ3) is 12.5. The summed E-state index contributed by atoms with van der Waals surface area (Å²) in [7, 11) is 0. The van der Waals surface area contributed by atoms with Crippen LogP contribution in [0.2, 0.25) is 0 Å². The van der Waals surface area contributed by atoms with Crippen molar-refractivity contribution >= 4 is 0 Å². The van der Waals surface area contributed by atoms with E-state index in [-0.39, 0.29) is 18.6 Å². The Bertz CT molecular complexity index is 74.5. The Morgan fingerprint density at radius 3 is 1.77 bits per heavy atom. The second kappa shape index (κ2) is 15.0. The third-order valence-electron chi connectivity index (χ3n) is 2.05. The molecule has 0 heterocycles. The molecule has 81 valence electrons. The van der Waals surface area contributed by atoms with Crippen LogP contribution in [-0.2, 0) is 18.6 Å². The SMILES string of the molecule is CC.CC[N-]CC(CC)C(C)C.[V]. The Morgan fingerprint density at radius 1 is 1.08 bits per heavy atom. The monoisotopic (exact) mass is 223 g/mol. The molecular weight excluding hydrogens is 197 g/mol. The maximum atomic E-state index is 4.36. The summed E-state index contributed by atoms with van der Waals surface area (Å²) >= 11 is 0. The van der Waals surface area contributed by atoms with Crippen LogP contribution in [0, 0.1) is 11.8 Å². The first-order chi connectivity index (χ1) is 5.72. The van der Waals surface area contributed by atoms with E-state index < -0.39 is 0 Å². The van der Waals surface area contributed by atoms with E-state index in [1.165, 1.54) is 6.42 Å². The molecule has 0 rings (SSSR count). The molecule has 0 N–H and O–H groups in total. The average molecular weight is 223 g/mol. The molecule has 0 aliphatic carbocycles. The molecule has 1 nitrogen and oxygen atoms in total. The summed E-state index contributed by atoms with van der Waals surface area (Å²) in [6, 6.07) is 0. The van der Waals surface area contributed by atoms with Gasteiger partial charge in [-0.05, 0) is 5.92 Å². The van der Waals surface area contributed by atoms with Gasteiger partial charge in [0.25, 0.3) is 0 Å². The molecule has 0 bridgehead atoms. The van der Waals surface area contributed by atoms with Crippen LogP contribution >= 0.6 is 0 Å². The van der Waals surface area contributed by atoms with E-state index in [0.717, 1.165) is 24.9 Å². The smallest absolute Gasteiger partial charge is 0 e. The first-order valence-electron chi connectivity index (χ1n) is 5.35. The molecular formula is C11H26NV-. The molecule has 0 aliphatic heterocycles. The quantitative estimate of drug-likeness (QED) is 0.666. The van der Waals surface area contributed by atoms with E-state index in [0.29, 0.717) is 0 Å². The fourth-order valence-corrected chi connectivity index (χ4v) is 1.11. The van der Waals surface area contributed by atoms with Crippen molar-refractivity contribution in [1.29, 1.82) is 0 Å². The number of hydrogen-bond donors (Lipinski definition) is 0. The summed E-state index contributed by atoms with van der Waals surface area (Å²) in [6.45, 7) is 14.9. The average Bonchev–Trinajstić information content (AvgIpc) is 2.09. The van der Waals surface area contributed by atoms with Crippen LogP contribution in [0.25, 0.3) is 5.32 Å². The molecule has 0 saturated heterocycles. The van der Waals surface area contributed by atoms with E-state index in [4.69, 9.17) is 0 Å². The minimum absolute atomic E-state index is 0. The molecule has 2 heteroatoms. The molecule has 0 aromatic carbocycles. The molecule has 1 unspecified atom stereocenters. The second-order valence-corrected chi connectivity index (χ2v) is 3.13. The zero-order valence-corrected chi connectivity index (χ0v) is 11.6. The van der Waals surface area contributed by atoms with Gasteiger partial charge in [0, 0.05) is 18.6 Å². The van der Waals surface area contributed by atoms with Crippen molar-refractivity contribution in [1.82, 2.24) is 0 Å². The van der Waals surface area contributed by atoms with Gasteiger partial charge in [0.05, 0.1) is 0 Å². The normalized spacial score (nSPS) is 11.3. The van der Waals surface area contributed by atoms with Gasteiger partial charge < -0.3 is 5.32 Å². The fourth-order valence-electron chi connectivity index (χ4n) is 1.11. The Hall–Kier alpha value is 0.544. The van der Waals surface area contributed by atoms with Gasteiger partial charge in [-0.15, -0.1) is 6.54 Å². The van der Waals surface area contributed by atoms with Crippen LogP contribution in [0.5, 0.6) is 0 Å². The van der Waals surface area contributed by atoms with Crippen molar-refractivity contribution < 1.29 is 18.6 Å². The summed E-state index contributed by atoms with van der Waals surface area (Å²) in [5.41, 5.74) is 0. The maximum absolute atomic E-state index is 4.36. The molecule has 0 amide bonds. The molecule has 13 heavy (non-hydrogen) atoms. The first kappa shape index (κ1) is 19.2. The van der Waals surface area contributed by atoms with Crippen LogP contribution in [0.1, 0.15) is 48.0 Å². The van der Waals surface area contributed by atoms with Gasteiger partial charge in [-0.25, -0.2) is 0 Å². The van der Waals surface area contributed by atoms with Crippen LogP contribution < -0.4 is 0 Å². The van der Waals surface area contributed by atoms with Crippen LogP contribution in [-0.4, -0.2) is 13.1 Å². The van der Waals surface area contributed by atoms with E-state index in [1.54, 1.807) is 0 Å². The maximum Gasteiger partial charge on any atom is 0 e. The number of nitrogens with zero attached hydrogens (tertiary/aromatic N) is 1. The van der Waals surface area contributed by atoms with Gasteiger partial charge in [0.15, 0.2) is 0 Å². The fraction of sp³-hybridized carbons (Fsp3) is 1.00. The Balaban J connectivity index is -0.000000309. The Kier molecular flexibility index (Phi) is 22.2. The van der Waals surface area contributed by atoms with Gasteiger partial charge in [-0.3, -0.25) is 0 Å². The van der Waals surface area contributed by atoms with Crippen LogP contribution in [0.15, 0.2) is 0 Å². The largest absolute Gasteiger partial charge is 0.662 e. The molecule has 0 fully saturated rings. The van der Waals surface area contributed by atoms with Gasteiger partial charge in [-0.1, -0.05) is 53.9 Å². The number of rotatable bonds is 5. The molecule has 0 aromatic heterocycles. The minimum atomic E-state index is 0. The standard InChI is InChI=1S/C9H20N.C2H6.V/c1-5-9(8(3)4)7-10-6-2;1-2;/h8-9H,5-7H2,1-4H3;1-2H3;/q-1;;. The second-order valence-electron chi connectivity index (χ2n) is 3.13. The van der Waals surface area contributed by atoms with Crippen molar-refractivity contribution in [2.45, 2.75) is 48.0 Å². The summed E-state index contributed by atoms with van der Waals surface area (Å²) in [5, 5.41) is 4.36. The van der Waals surface area contributed by atoms with Crippen LogP contribution in [0.3, 0.4) is 0 Å². The summed E-state index contributed by atoms with van der Waals surface area (Å²) in [4.78, 5) is 0. The van der Waals surface area contributed by atoms with Crippen molar-refractivity contribution in [3.05, 3.63) is 5.32 Å². The molecule has 0 aromatic rings. The van der Waals surface area contributed by atoms with Crippen LogP contribution in [0.4, 0.5) is 0 Å². The summed E-state index contributed by atoms with van der Waals surface area (Å²) < 4.78 is 0. The van der Waals surface area contributed by atoms with E-state index >= 15 is 0 Å². The number of hydrogen-bond acceptors (Lipinski definition) is 0. The molecule has 1 radical (unpaired) electrons. The van der Waals surface area contributed by atoms with Gasteiger partial charge in [0.2, 0.25) is 0 Å². The molecule has 0 aliphatic rings. The van der Waals surface area contributed by atoms with Gasteiger partial charge in [-0.2, -0.15) is 6.54 Å². The molecule has 0 saturated carbocycles. The van der Waals surface area contributed by atoms with Crippen molar-refractivity contribution in [2.75, 3.05) is 13.1 Å². The predicted molar refractivity (Wildman–Crippen MR) is 58.7 cm³/mol. The van der Waals surface area contributed by atoms with Crippen molar-refractivity contribution in [2.24, 2.45) is 11.8 Å². The Labute approximate surface area is 97.0 Å². The molecule has 1 atom stereocenters. The molecule has 0 spiro atoms. The zero-order chi connectivity index (χ0) is 9.98. The Morgan fingerprint density at radius 2 is 1.54 bits per heavy atom. The van der Waals surface area contributed by atoms with E-state index in [2.05, 4.69) is 33.0 Å². The summed E-state index contributed by atoms with van der Waals surface area (Å²) in [5.74, 6) is 1.60. The van der Waals surface area contributed by atoms with Gasteiger partial charge >= 0.3 is 0 Å². The van der Waals surface area contributed by atoms with E-state index in [1.807, 2.05) is 13.8 Å². The minimum Gasteiger partial charge on any atom is -0.662 e. The summed E-state index contributed by atoms with van der Waals surface area (Å²) in [6.07, 6.45) is 1.27. The third-order valence-corrected chi connectivity index (χ3v) is 2.05. The van der Waals surface area contributed by atoms with E-state index in [9.17, 15) is 0 Å². The van der Waals surface area contributed by atoms with Gasteiger partial charge in [0.1, 0.15) is 0 Å². The first-order valence-corrected chi connectivity index (χ1v) is 5.35. The zero-order valence-electron chi connectivity index (χ0n) is 10.2. The van der Waals surface area contributed by atoms with Crippen molar-refractivity contribution in [3.63, 3.8) is 0 Å². The topological polar surface area (TPSA) is 14.1 Å².